The van der Waals surface area contributed by atoms with E-state index >= 15 is 0 Å². The minimum Gasteiger partial charge on any atom is -0.378 e. The quantitative estimate of drug-likeness (QED) is 0.610. The molecule has 2 N–H and O–H groups in total. The maximum atomic E-state index is 12.7. The van der Waals surface area contributed by atoms with E-state index in [-0.39, 0.29) is 10.8 Å². The predicted molar refractivity (Wildman–Crippen MR) is 122 cm³/mol. The zero-order valence-electron chi connectivity index (χ0n) is 18.2. The zero-order valence-corrected chi connectivity index (χ0v) is 19.0. The van der Waals surface area contributed by atoms with Crippen molar-refractivity contribution in [2.45, 2.75) is 11.8 Å². The van der Waals surface area contributed by atoms with Gasteiger partial charge in [-0.1, -0.05) is 12.1 Å². The molecule has 3 heterocycles. The Kier molecular flexibility index (Phi) is 6.04. The Bertz CT molecular complexity index is 1220. The van der Waals surface area contributed by atoms with Crippen molar-refractivity contribution in [2.24, 2.45) is 0 Å². The summed E-state index contributed by atoms with van der Waals surface area (Å²) in [6, 6.07) is 6.77. The van der Waals surface area contributed by atoms with Crippen molar-refractivity contribution in [1.82, 2.24) is 24.2 Å². The number of anilines is 2. The monoisotopic (exact) mass is 455 g/mol. The van der Waals surface area contributed by atoms with E-state index in [1.165, 1.54) is 18.4 Å². The maximum Gasteiger partial charge on any atom is 0.242 e. The number of nitrogens with two attached hydrogens (primary N) is 1. The molecule has 0 unspecified atom stereocenters. The summed E-state index contributed by atoms with van der Waals surface area (Å²) in [5, 5.41) is 0. The van der Waals surface area contributed by atoms with Gasteiger partial charge in [-0.05, 0) is 19.1 Å². The second kappa shape index (κ2) is 8.77. The van der Waals surface area contributed by atoms with E-state index in [0.29, 0.717) is 54.8 Å². The molecule has 32 heavy (non-hydrogen) atoms. The minimum atomic E-state index is -3.59. The second-order valence-corrected chi connectivity index (χ2v) is 9.74. The molecular weight excluding hydrogens is 430 g/mol. The van der Waals surface area contributed by atoms with Crippen LogP contribution in [0.4, 0.5) is 11.9 Å². The lowest BCUT2D eigenvalue weighted by atomic mass is 10.0. The molecule has 168 valence electrons. The number of hydrogen-bond acceptors (Lipinski definition) is 9. The molecule has 1 aromatic carbocycles. The highest BCUT2D eigenvalue weighted by Gasteiger charge is 2.22. The Morgan fingerprint density at radius 1 is 1.03 bits per heavy atom. The smallest absolute Gasteiger partial charge is 0.242 e. The van der Waals surface area contributed by atoms with Crippen molar-refractivity contribution in [3.05, 3.63) is 42.2 Å². The molecule has 2 aromatic heterocycles. The van der Waals surface area contributed by atoms with Gasteiger partial charge in [-0.15, -0.1) is 0 Å². The highest BCUT2D eigenvalue weighted by Crippen LogP contribution is 2.32. The Balaban J connectivity index is 1.90. The third-order valence-electron chi connectivity index (χ3n) is 5.26. The van der Waals surface area contributed by atoms with Crippen LogP contribution < -0.4 is 10.6 Å². The topological polar surface area (TPSA) is 127 Å². The summed E-state index contributed by atoms with van der Waals surface area (Å²) in [7, 11) is -0.574. The van der Waals surface area contributed by atoms with Crippen molar-refractivity contribution in [1.29, 1.82) is 0 Å². The van der Waals surface area contributed by atoms with Crippen molar-refractivity contribution < 1.29 is 13.2 Å². The summed E-state index contributed by atoms with van der Waals surface area (Å²) < 4.78 is 32.0. The summed E-state index contributed by atoms with van der Waals surface area (Å²) in [5.41, 5.74) is 9.13. The van der Waals surface area contributed by atoms with Crippen LogP contribution in [0.25, 0.3) is 22.5 Å². The van der Waals surface area contributed by atoms with Crippen LogP contribution in [0, 0.1) is 6.92 Å². The fourth-order valence-corrected chi connectivity index (χ4v) is 4.39. The number of morpholine rings is 1. The number of nitrogen functional groups attached to an aromatic ring is 1. The first-order valence-corrected chi connectivity index (χ1v) is 11.5. The Hall–Kier alpha value is -3.15. The zero-order chi connectivity index (χ0) is 22.9. The molecule has 0 spiro atoms. The van der Waals surface area contributed by atoms with E-state index in [4.69, 9.17) is 20.4 Å². The van der Waals surface area contributed by atoms with Gasteiger partial charge in [0, 0.05) is 56.3 Å². The number of rotatable bonds is 5. The first kappa shape index (κ1) is 22.1. The molecule has 0 aliphatic carbocycles. The van der Waals surface area contributed by atoms with Crippen LogP contribution in [0.3, 0.4) is 0 Å². The number of aromatic nitrogens is 4. The first-order valence-electron chi connectivity index (χ1n) is 10.1. The standard InChI is InChI=1S/C21H25N7O3S/c1-14-18(15-5-4-6-17(11-15)32(29,30)27(2)3)25-21(28-7-9-31-10-8-28)26-19(14)16-12-23-20(22)24-13-16/h4-6,11-13H,7-10H2,1-3H3,(H2,22,23,24). The van der Waals surface area contributed by atoms with E-state index in [2.05, 4.69) is 14.9 Å². The lowest BCUT2D eigenvalue weighted by Crippen LogP contribution is -2.37. The van der Waals surface area contributed by atoms with E-state index in [1.54, 1.807) is 30.6 Å². The molecule has 0 amide bonds. The molecule has 1 aliphatic rings. The molecule has 1 saturated heterocycles. The van der Waals surface area contributed by atoms with Gasteiger partial charge in [-0.2, -0.15) is 0 Å². The number of benzene rings is 1. The Morgan fingerprint density at radius 2 is 1.66 bits per heavy atom. The van der Waals surface area contributed by atoms with Crippen LogP contribution in [-0.4, -0.2) is 73.1 Å². The predicted octanol–water partition coefficient (Wildman–Crippen LogP) is 1.58. The van der Waals surface area contributed by atoms with Gasteiger partial charge in [0.05, 0.1) is 29.5 Å². The average Bonchev–Trinajstić information content (AvgIpc) is 2.80. The highest BCUT2D eigenvalue weighted by molar-refractivity contribution is 7.89. The van der Waals surface area contributed by atoms with Gasteiger partial charge in [-0.3, -0.25) is 0 Å². The lowest BCUT2D eigenvalue weighted by molar-refractivity contribution is 0.122. The summed E-state index contributed by atoms with van der Waals surface area (Å²) in [4.78, 5) is 20.1. The van der Waals surface area contributed by atoms with Crippen LogP contribution in [0.15, 0.2) is 41.6 Å². The first-order chi connectivity index (χ1) is 15.3. The lowest BCUT2D eigenvalue weighted by Gasteiger charge is -2.28. The van der Waals surface area contributed by atoms with Crippen LogP contribution >= 0.6 is 0 Å². The average molecular weight is 456 g/mol. The molecule has 11 heteroatoms. The Labute approximate surface area is 187 Å². The van der Waals surface area contributed by atoms with E-state index in [1.807, 2.05) is 13.0 Å². The van der Waals surface area contributed by atoms with Gasteiger partial charge in [-0.25, -0.2) is 32.7 Å². The number of ether oxygens (including phenoxy) is 1. The van der Waals surface area contributed by atoms with E-state index < -0.39 is 10.0 Å². The molecule has 0 bridgehead atoms. The van der Waals surface area contributed by atoms with Crippen molar-refractivity contribution in [3.8, 4) is 22.5 Å². The largest absolute Gasteiger partial charge is 0.378 e. The normalized spacial score (nSPS) is 14.7. The van der Waals surface area contributed by atoms with Crippen LogP contribution in [0.5, 0.6) is 0 Å². The molecule has 1 aliphatic heterocycles. The Morgan fingerprint density at radius 3 is 2.28 bits per heavy atom. The number of hydrogen-bond donors (Lipinski definition) is 1. The molecule has 1 fully saturated rings. The minimum absolute atomic E-state index is 0.177. The van der Waals surface area contributed by atoms with Gasteiger partial charge in [0.2, 0.25) is 21.9 Å². The van der Waals surface area contributed by atoms with Gasteiger partial charge < -0.3 is 15.4 Å². The van der Waals surface area contributed by atoms with Crippen LogP contribution in [0.1, 0.15) is 5.56 Å². The van der Waals surface area contributed by atoms with Gasteiger partial charge in [0.25, 0.3) is 0 Å². The third kappa shape index (κ3) is 4.27. The van der Waals surface area contributed by atoms with E-state index in [9.17, 15) is 8.42 Å². The van der Waals surface area contributed by atoms with Crippen LogP contribution in [-0.2, 0) is 14.8 Å². The number of sulfonamides is 1. The fraction of sp³-hybridized carbons (Fsp3) is 0.333. The molecular formula is C21H25N7O3S. The SMILES string of the molecule is Cc1c(-c2cnc(N)nc2)nc(N2CCOCC2)nc1-c1cccc(S(=O)(=O)N(C)C)c1. The molecule has 10 nitrogen and oxygen atoms in total. The summed E-state index contributed by atoms with van der Waals surface area (Å²) >= 11 is 0. The van der Waals surface area contributed by atoms with Crippen molar-refractivity contribution in [3.63, 3.8) is 0 Å². The van der Waals surface area contributed by atoms with Gasteiger partial charge in [0.1, 0.15) is 0 Å². The summed E-state index contributed by atoms with van der Waals surface area (Å²) in [6.45, 7) is 4.40. The summed E-state index contributed by atoms with van der Waals surface area (Å²) in [6.07, 6.45) is 3.24. The van der Waals surface area contributed by atoms with Crippen molar-refractivity contribution in [2.75, 3.05) is 51.0 Å². The summed E-state index contributed by atoms with van der Waals surface area (Å²) in [5.74, 6) is 0.720. The number of nitrogens with zero attached hydrogens (tertiary/aromatic N) is 6. The molecule has 3 aromatic rings. The molecule has 0 atom stereocenters. The van der Waals surface area contributed by atoms with Gasteiger partial charge >= 0.3 is 0 Å². The second-order valence-electron chi connectivity index (χ2n) is 7.59. The molecule has 4 rings (SSSR count). The molecule has 0 radical (unpaired) electrons. The van der Waals surface area contributed by atoms with Crippen molar-refractivity contribution >= 4 is 21.9 Å². The van der Waals surface area contributed by atoms with Gasteiger partial charge in [0.15, 0.2) is 0 Å². The highest BCUT2D eigenvalue weighted by atomic mass is 32.2. The molecule has 0 saturated carbocycles. The third-order valence-corrected chi connectivity index (χ3v) is 7.07. The maximum absolute atomic E-state index is 12.7. The van der Waals surface area contributed by atoms with Crippen LogP contribution in [0.2, 0.25) is 0 Å². The fourth-order valence-electron chi connectivity index (χ4n) is 3.45. The van der Waals surface area contributed by atoms with E-state index in [0.717, 1.165) is 5.56 Å².